The van der Waals surface area contributed by atoms with Crippen molar-refractivity contribution >= 4 is 67.3 Å². The monoisotopic (exact) mass is 488 g/mol. The lowest BCUT2D eigenvalue weighted by Gasteiger charge is -2.19. The molecule has 168 valence electrons. The molecule has 0 unspecified atom stereocenters. The summed E-state index contributed by atoms with van der Waals surface area (Å²) in [6, 6.07) is 28.8. The van der Waals surface area contributed by atoms with Gasteiger partial charge in [-0.15, -0.1) is 22.7 Å². The van der Waals surface area contributed by atoms with Crippen LogP contribution in [0.25, 0.3) is 42.4 Å². The fraction of sp³-hybridized carbons (Fsp3) is 0.0667. The Bertz CT molecular complexity index is 1620. The number of ether oxygens (including phenoxy) is 2. The summed E-state index contributed by atoms with van der Waals surface area (Å²) in [5.41, 5.74) is 6.50. The van der Waals surface area contributed by atoms with E-state index in [2.05, 4.69) is 89.6 Å². The topological polar surface area (TPSA) is 18.5 Å². The molecule has 7 rings (SSSR count). The van der Waals surface area contributed by atoms with E-state index in [1.165, 1.54) is 58.8 Å². The summed E-state index contributed by atoms with van der Waals surface area (Å²) in [4.78, 5) is 2.60. The van der Waals surface area contributed by atoms with Crippen LogP contribution in [-0.4, -0.2) is 20.9 Å². The van der Waals surface area contributed by atoms with Gasteiger partial charge >= 0.3 is 0 Å². The van der Waals surface area contributed by atoms with Gasteiger partial charge in [-0.2, -0.15) is 0 Å². The first-order valence-electron chi connectivity index (χ1n) is 11.6. The number of benzene rings is 4. The first-order valence-corrected chi connectivity index (χ1v) is 13.4. The van der Waals surface area contributed by atoms with Crippen LogP contribution in [0, 0.1) is 0 Å². The van der Waals surface area contributed by atoms with Gasteiger partial charge < -0.3 is 9.47 Å². The summed E-state index contributed by atoms with van der Waals surface area (Å²) in [5, 5.41) is 9.63. The zero-order chi connectivity index (χ0) is 23.5. The van der Waals surface area contributed by atoms with Crippen molar-refractivity contribution < 1.29 is 9.47 Å². The standard InChI is InChI=1S/C30H21BO2S2/c1-32-26-16-22-23(17-27(26)33-2)30-25(12-14-35-30)31(24-11-13-34-29(22)24)28-20-9-5-3-7-18(20)15-19-8-4-6-10-21(19)28/h3-17H,1-2H3. The maximum Gasteiger partial charge on any atom is 0.246 e. The molecule has 5 heteroatoms. The fourth-order valence-electron chi connectivity index (χ4n) is 5.62. The highest BCUT2D eigenvalue weighted by Crippen LogP contribution is 2.44. The molecular formula is C30H21BO2S2. The summed E-state index contributed by atoms with van der Waals surface area (Å²) >= 11 is 3.61. The van der Waals surface area contributed by atoms with Crippen LogP contribution in [0.1, 0.15) is 0 Å². The van der Waals surface area contributed by atoms with Gasteiger partial charge in [-0.1, -0.05) is 77.1 Å². The SMILES string of the molecule is COc1cc2c(cc1OC)-c1sccc1B(c1c3ccccc3cc3ccccc13)c1ccsc1-2. The smallest absolute Gasteiger partial charge is 0.246 e. The van der Waals surface area contributed by atoms with Crippen LogP contribution in [0.15, 0.2) is 89.6 Å². The first kappa shape index (κ1) is 20.8. The summed E-state index contributed by atoms with van der Waals surface area (Å²) in [6.07, 6.45) is 0. The molecule has 1 aliphatic heterocycles. The van der Waals surface area contributed by atoms with Crippen LogP contribution < -0.4 is 25.9 Å². The summed E-state index contributed by atoms with van der Waals surface area (Å²) in [6.45, 7) is 0.123. The molecule has 0 radical (unpaired) electrons. The predicted molar refractivity (Wildman–Crippen MR) is 152 cm³/mol. The second-order valence-corrected chi connectivity index (χ2v) is 10.7. The van der Waals surface area contributed by atoms with Crippen molar-refractivity contribution in [3.8, 4) is 32.4 Å². The number of hydrogen-bond donors (Lipinski definition) is 0. The maximum atomic E-state index is 5.71. The zero-order valence-electron chi connectivity index (χ0n) is 19.4. The van der Waals surface area contributed by atoms with E-state index >= 15 is 0 Å². The molecule has 0 fully saturated rings. The third-order valence-electron chi connectivity index (χ3n) is 7.13. The summed E-state index contributed by atoms with van der Waals surface area (Å²) in [5.74, 6) is 1.52. The molecule has 0 saturated carbocycles. The molecular weight excluding hydrogens is 467 g/mol. The average molecular weight is 488 g/mol. The lowest BCUT2D eigenvalue weighted by Crippen LogP contribution is -2.52. The molecule has 0 spiro atoms. The van der Waals surface area contributed by atoms with Crippen molar-refractivity contribution in [3.63, 3.8) is 0 Å². The largest absolute Gasteiger partial charge is 0.493 e. The van der Waals surface area contributed by atoms with E-state index in [4.69, 9.17) is 9.47 Å². The molecule has 1 aliphatic rings. The van der Waals surface area contributed by atoms with E-state index in [0.717, 1.165) is 11.5 Å². The fourth-order valence-corrected chi connectivity index (χ4v) is 7.56. The van der Waals surface area contributed by atoms with E-state index in [9.17, 15) is 0 Å². The van der Waals surface area contributed by atoms with Gasteiger partial charge in [-0.05, 0) is 50.5 Å². The number of hydrogen-bond acceptors (Lipinski definition) is 4. The summed E-state index contributed by atoms with van der Waals surface area (Å²) in [7, 11) is 3.41. The summed E-state index contributed by atoms with van der Waals surface area (Å²) < 4.78 is 11.4. The second-order valence-electron chi connectivity index (χ2n) is 8.83. The molecule has 0 saturated heterocycles. The molecule has 0 aliphatic carbocycles. The van der Waals surface area contributed by atoms with Gasteiger partial charge in [0.1, 0.15) is 0 Å². The minimum Gasteiger partial charge on any atom is -0.493 e. The first-order chi connectivity index (χ1) is 17.3. The Morgan fingerprint density at radius 2 is 1.09 bits per heavy atom. The maximum absolute atomic E-state index is 5.71. The van der Waals surface area contributed by atoms with Crippen molar-refractivity contribution in [3.05, 3.63) is 89.6 Å². The zero-order valence-corrected chi connectivity index (χ0v) is 21.0. The lowest BCUT2D eigenvalue weighted by atomic mass is 9.36. The third-order valence-corrected chi connectivity index (χ3v) is 9.05. The van der Waals surface area contributed by atoms with Gasteiger partial charge in [0.2, 0.25) is 6.71 Å². The number of methoxy groups -OCH3 is 2. The van der Waals surface area contributed by atoms with Gasteiger partial charge in [0, 0.05) is 20.9 Å². The van der Waals surface area contributed by atoms with Crippen molar-refractivity contribution in [2.45, 2.75) is 0 Å². The van der Waals surface area contributed by atoms with Crippen LogP contribution in [0.4, 0.5) is 0 Å². The van der Waals surface area contributed by atoms with E-state index in [1.54, 1.807) is 36.9 Å². The molecule has 0 amide bonds. The minimum absolute atomic E-state index is 0.123. The van der Waals surface area contributed by atoms with E-state index in [0.29, 0.717) is 0 Å². The van der Waals surface area contributed by atoms with Crippen LogP contribution >= 0.6 is 22.7 Å². The minimum atomic E-state index is 0.123. The third kappa shape index (κ3) is 3.02. The molecule has 0 N–H and O–H groups in total. The highest BCUT2D eigenvalue weighted by Gasteiger charge is 2.35. The quantitative estimate of drug-likeness (QED) is 0.215. The van der Waals surface area contributed by atoms with Gasteiger partial charge in [0.05, 0.1) is 14.2 Å². The Labute approximate surface area is 212 Å². The molecule has 2 aromatic heterocycles. The molecule has 4 aromatic carbocycles. The van der Waals surface area contributed by atoms with Crippen LogP contribution in [0.5, 0.6) is 11.5 Å². The van der Waals surface area contributed by atoms with Crippen LogP contribution in [0.3, 0.4) is 0 Å². The predicted octanol–water partition coefficient (Wildman–Crippen LogP) is 6.30. The van der Waals surface area contributed by atoms with Crippen LogP contribution in [0.2, 0.25) is 0 Å². The second kappa shape index (κ2) is 8.01. The average Bonchev–Trinajstić information content (AvgIpc) is 3.56. The molecule has 0 atom stereocenters. The Hall–Kier alpha value is -3.54. The van der Waals surface area contributed by atoms with Crippen LogP contribution in [-0.2, 0) is 0 Å². The van der Waals surface area contributed by atoms with Gasteiger partial charge in [0.25, 0.3) is 0 Å². The van der Waals surface area contributed by atoms with E-state index < -0.39 is 0 Å². The molecule has 6 aromatic rings. The number of fused-ring (bicyclic) bond motifs is 7. The van der Waals surface area contributed by atoms with Crippen molar-refractivity contribution in [2.24, 2.45) is 0 Å². The Balaban J connectivity index is 1.63. The normalized spacial score (nSPS) is 12.2. The molecule has 0 bridgehead atoms. The van der Waals surface area contributed by atoms with Crippen molar-refractivity contribution in [2.75, 3.05) is 14.2 Å². The van der Waals surface area contributed by atoms with Crippen molar-refractivity contribution in [1.29, 1.82) is 0 Å². The Morgan fingerprint density at radius 3 is 1.57 bits per heavy atom. The number of rotatable bonds is 3. The molecule has 35 heavy (non-hydrogen) atoms. The molecule has 2 nitrogen and oxygen atoms in total. The van der Waals surface area contributed by atoms with Crippen molar-refractivity contribution in [1.82, 2.24) is 0 Å². The van der Waals surface area contributed by atoms with Gasteiger partial charge in [-0.3, -0.25) is 0 Å². The van der Waals surface area contributed by atoms with Gasteiger partial charge in [0.15, 0.2) is 11.5 Å². The van der Waals surface area contributed by atoms with E-state index in [1.807, 2.05) is 0 Å². The Morgan fingerprint density at radius 1 is 0.600 bits per heavy atom. The highest BCUT2D eigenvalue weighted by atomic mass is 32.1. The Kier molecular flexibility index (Phi) is 4.76. The highest BCUT2D eigenvalue weighted by molar-refractivity contribution is 7.20. The molecule has 3 heterocycles. The van der Waals surface area contributed by atoms with E-state index in [-0.39, 0.29) is 6.71 Å². The number of thiophene rings is 2. The van der Waals surface area contributed by atoms with Gasteiger partial charge in [-0.25, -0.2) is 0 Å². The lowest BCUT2D eigenvalue weighted by molar-refractivity contribution is 0.355.